The maximum absolute atomic E-state index is 12.3. The van der Waals surface area contributed by atoms with Crippen molar-refractivity contribution in [1.29, 1.82) is 0 Å². The largest absolute Gasteiger partial charge is 0.468 e. The van der Waals surface area contributed by atoms with Gasteiger partial charge in [-0.1, -0.05) is 24.6 Å². The first-order valence-corrected chi connectivity index (χ1v) is 9.10. The summed E-state index contributed by atoms with van der Waals surface area (Å²) in [6.07, 6.45) is 4.19. The van der Waals surface area contributed by atoms with Crippen LogP contribution in [0.4, 0.5) is 0 Å². The predicted molar refractivity (Wildman–Crippen MR) is 87.4 cm³/mol. The van der Waals surface area contributed by atoms with E-state index in [9.17, 15) is 8.42 Å². The molecule has 0 aliphatic heterocycles. The summed E-state index contributed by atoms with van der Waals surface area (Å²) in [5.41, 5.74) is 1.01. The number of sulfonamides is 1. The van der Waals surface area contributed by atoms with Crippen LogP contribution in [0.25, 0.3) is 0 Å². The van der Waals surface area contributed by atoms with Gasteiger partial charge < -0.3 is 4.74 Å². The number of ether oxygens (including phenoxy) is 1. The molecular weight excluding hydrogens is 300 g/mol. The van der Waals surface area contributed by atoms with Crippen molar-refractivity contribution in [3.63, 3.8) is 0 Å². The third-order valence-corrected chi connectivity index (χ3v) is 5.37. The molecule has 5 nitrogen and oxygen atoms in total. The number of nitrogens with one attached hydrogen (secondary N) is 1. The zero-order chi connectivity index (χ0) is 16.2. The van der Waals surface area contributed by atoms with Gasteiger partial charge in [-0.15, -0.1) is 0 Å². The van der Waals surface area contributed by atoms with Crippen LogP contribution >= 0.6 is 0 Å². The average molecular weight is 324 g/mol. The monoisotopic (exact) mass is 324 g/mol. The van der Waals surface area contributed by atoms with E-state index in [1.165, 1.54) is 7.11 Å². The summed E-state index contributed by atoms with van der Waals surface area (Å²) in [4.78, 5) is 4.63. The molecule has 0 amide bonds. The lowest BCUT2D eigenvalue weighted by atomic mass is 9.88. The lowest BCUT2D eigenvalue weighted by Crippen LogP contribution is -2.33. The summed E-state index contributed by atoms with van der Waals surface area (Å²) in [6.45, 7) is 4.15. The second kappa shape index (κ2) is 7.13. The Morgan fingerprint density at radius 2 is 1.77 bits per heavy atom. The molecule has 1 saturated carbocycles. The molecule has 1 aromatic rings. The Morgan fingerprint density at radius 3 is 2.32 bits per heavy atom. The molecule has 0 unspecified atom stereocenters. The summed E-state index contributed by atoms with van der Waals surface area (Å²) in [7, 11) is -2.22. The van der Waals surface area contributed by atoms with Crippen molar-refractivity contribution >= 4 is 16.0 Å². The SMILES string of the molecule is COC(=NC1CCC(C)CC1)NS(=O)(=O)c1ccc(C)cc1. The van der Waals surface area contributed by atoms with E-state index >= 15 is 0 Å². The molecule has 0 aromatic heterocycles. The fourth-order valence-corrected chi connectivity index (χ4v) is 3.53. The molecular formula is C16H24N2O3S. The fraction of sp³-hybridized carbons (Fsp3) is 0.562. The van der Waals surface area contributed by atoms with Gasteiger partial charge in [-0.05, 0) is 50.7 Å². The molecule has 1 aliphatic rings. The van der Waals surface area contributed by atoms with Crippen LogP contribution in [0.5, 0.6) is 0 Å². The minimum absolute atomic E-state index is 0.0696. The maximum Gasteiger partial charge on any atom is 0.298 e. The Kier molecular flexibility index (Phi) is 5.45. The number of methoxy groups -OCH3 is 1. The summed E-state index contributed by atoms with van der Waals surface area (Å²) in [5, 5.41) is 0. The van der Waals surface area contributed by atoms with E-state index in [1.807, 2.05) is 6.92 Å². The van der Waals surface area contributed by atoms with E-state index in [4.69, 9.17) is 4.74 Å². The Bertz CT molecular complexity index is 615. The van der Waals surface area contributed by atoms with Gasteiger partial charge in [0.25, 0.3) is 16.0 Å². The second-order valence-corrected chi connectivity index (χ2v) is 7.65. The molecule has 22 heavy (non-hydrogen) atoms. The summed E-state index contributed by atoms with van der Waals surface area (Å²) >= 11 is 0. The number of amidine groups is 1. The molecule has 0 heterocycles. The Balaban J connectivity index is 2.10. The van der Waals surface area contributed by atoms with Gasteiger partial charge in [0.05, 0.1) is 18.0 Å². The van der Waals surface area contributed by atoms with Crippen molar-refractivity contribution < 1.29 is 13.2 Å². The normalized spacial score (nSPS) is 23.1. The maximum atomic E-state index is 12.3. The average Bonchev–Trinajstić information content (AvgIpc) is 2.49. The van der Waals surface area contributed by atoms with E-state index < -0.39 is 10.0 Å². The number of nitrogens with zero attached hydrogens (tertiary/aromatic N) is 1. The van der Waals surface area contributed by atoms with Gasteiger partial charge >= 0.3 is 0 Å². The van der Waals surface area contributed by atoms with Crippen LogP contribution in [0.15, 0.2) is 34.2 Å². The lowest BCUT2D eigenvalue weighted by Gasteiger charge is -2.23. The minimum atomic E-state index is -3.66. The van der Waals surface area contributed by atoms with Crippen LogP contribution in [0.2, 0.25) is 0 Å². The molecule has 6 heteroatoms. The Labute approximate surface area is 132 Å². The molecule has 1 aromatic carbocycles. The van der Waals surface area contributed by atoms with Crippen LogP contribution < -0.4 is 4.72 Å². The topological polar surface area (TPSA) is 67.8 Å². The van der Waals surface area contributed by atoms with Crippen LogP contribution in [-0.2, 0) is 14.8 Å². The molecule has 2 rings (SSSR count). The summed E-state index contributed by atoms with van der Waals surface area (Å²) in [5.74, 6) is 0.724. The molecule has 0 saturated heterocycles. The highest BCUT2D eigenvalue weighted by Crippen LogP contribution is 2.25. The first kappa shape index (κ1) is 16.8. The standard InChI is InChI=1S/C16H24N2O3S/c1-12-4-8-14(9-5-12)17-16(21-3)18-22(19,20)15-10-6-13(2)7-11-15/h6-7,10-12,14H,4-5,8-9H2,1-3H3,(H,17,18). The van der Waals surface area contributed by atoms with Gasteiger partial charge in [0.1, 0.15) is 0 Å². The lowest BCUT2D eigenvalue weighted by molar-refractivity contribution is 0.334. The highest BCUT2D eigenvalue weighted by Gasteiger charge is 2.21. The second-order valence-electron chi connectivity index (χ2n) is 5.97. The van der Waals surface area contributed by atoms with Crippen molar-refractivity contribution in [3.8, 4) is 0 Å². The van der Waals surface area contributed by atoms with Gasteiger partial charge in [0, 0.05) is 0 Å². The van der Waals surface area contributed by atoms with Crippen LogP contribution in [0.1, 0.15) is 38.2 Å². The number of hydrogen-bond donors (Lipinski definition) is 1. The third-order valence-electron chi connectivity index (χ3n) is 4.03. The van der Waals surface area contributed by atoms with Crippen LogP contribution in [-0.4, -0.2) is 27.6 Å². The Morgan fingerprint density at radius 1 is 1.18 bits per heavy atom. The van der Waals surface area contributed by atoms with Crippen LogP contribution in [0.3, 0.4) is 0 Å². The number of benzene rings is 1. The quantitative estimate of drug-likeness (QED) is 0.686. The zero-order valence-corrected chi connectivity index (χ0v) is 14.2. The molecule has 0 bridgehead atoms. The minimum Gasteiger partial charge on any atom is -0.468 e. The van der Waals surface area contributed by atoms with E-state index in [0.29, 0.717) is 0 Å². The van der Waals surface area contributed by atoms with Crippen LogP contribution in [0, 0.1) is 12.8 Å². The molecule has 0 radical (unpaired) electrons. The van der Waals surface area contributed by atoms with Gasteiger partial charge in [0.2, 0.25) is 0 Å². The number of hydrogen-bond acceptors (Lipinski definition) is 4. The number of aryl methyl sites for hydroxylation is 1. The zero-order valence-electron chi connectivity index (χ0n) is 13.4. The van der Waals surface area contributed by atoms with E-state index in [-0.39, 0.29) is 17.0 Å². The first-order chi connectivity index (χ1) is 10.4. The Hall–Kier alpha value is -1.56. The van der Waals surface area contributed by atoms with Crippen molar-refractivity contribution in [2.75, 3.05) is 7.11 Å². The van der Waals surface area contributed by atoms with Crippen molar-refractivity contribution in [3.05, 3.63) is 29.8 Å². The predicted octanol–water partition coefficient (Wildman–Crippen LogP) is 2.85. The first-order valence-electron chi connectivity index (χ1n) is 7.62. The van der Waals surface area contributed by atoms with Crippen molar-refractivity contribution in [2.24, 2.45) is 10.9 Å². The molecule has 1 aliphatic carbocycles. The van der Waals surface area contributed by atoms with Crippen molar-refractivity contribution in [1.82, 2.24) is 4.72 Å². The summed E-state index contributed by atoms with van der Waals surface area (Å²) < 4.78 is 32.2. The van der Waals surface area contributed by atoms with Gasteiger partial charge in [-0.2, -0.15) is 0 Å². The molecule has 1 fully saturated rings. The van der Waals surface area contributed by atoms with E-state index in [2.05, 4.69) is 16.6 Å². The third kappa shape index (κ3) is 4.47. The van der Waals surface area contributed by atoms with Crippen molar-refractivity contribution in [2.45, 2.75) is 50.5 Å². The van der Waals surface area contributed by atoms with Gasteiger partial charge in [-0.25, -0.2) is 18.1 Å². The van der Waals surface area contributed by atoms with E-state index in [1.54, 1.807) is 24.3 Å². The number of rotatable bonds is 3. The van der Waals surface area contributed by atoms with E-state index in [0.717, 1.165) is 37.2 Å². The molecule has 0 spiro atoms. The van der Waals surface area contributed by atoms with Gasteiger partial charge in [0.15, 0.2) is 0 Å². The smallest absolute Gasteiger partial charge is 0.298 e. The highest BCUT2D eigenvalue weighted by atomic mass is 32.2. The molecule has 122 valence electrons. The summed E-state index contributed by atoms with van der Waals surface area (Å²) in [6, 6.07) is 6.88. The molecule has 0 atom stereocenters. The molecule has 1 N–H and O–H groups in total. The van der Waals surface area contributed by atoms with Gasteiger partial charge in [-0.3, -0.25) is 0 Å². The fourth-order valence-electron chi connectivity index (χ4n) is 2.55. The highest BCUT2D eigenvalue weighted by molar-refractivity contribution is 7.90. The number of aliphatic imine (C=N–C) groups is 1.